The number of pyridine rings is 1. The molecule has 0 amide bonds. The molecular formula is C12H20ClN3O. The van der Waals surface area contributed by atoms with E-state index in [0.717, 1.165) is 17.9 Å². The zero-order valence-corrected chi connectivity index (χ0v) is 11.6. The molecule has 1 aromatic rings. The van der Waals surface area contributed by atoms with Gasteiger partial charge in [-0.05, 0) is 25.6 Å². The summed E-state index contributed by atoms with van der Waals surface area (Å²) in [6.45, 7) is 3.49. The summed E-state index contributed by atoms with van der Waals surface area (Å²) in [6, 6.07) is 2.18. The lowest BCUT2D eigenvalue weighted by Gasteiger charge is -2.26. The van der Waals surface area contributed by atoms with E-state index in [2.05, 4.69) is 17.2 Å². The predicted molar refractivity (Wildman–Crippen MR) is 71.8 cm³/mol. The van der Waals surface area contributed by atoms with Gasteiger partial charge in [-0.25, -0.2) is 4.98 Å². The van der Waals surface area contributed by atoms with Crippen LogP contribution in [-0.4, -0.2) is 38.8 Å². The van der Waals surface area contributed by atoms with Gasteiger partial charge in [-0.3, -0.25) is 0 Å². The fraction of sp³-hybridized carbons (Fsp3) is 0.583. The molecule has 0 aliphatic heterocycles. The maximum absolute atomic E-state index is 6.23. The molecule has 5 heteroatoms. The second kappa shape index (κ2) is 6.79. The van der Waals surface area contributed by atoms with Gasteiger partial charge in [0.2, 0.25) is 0 Å². The van der Waals surface area contributed by atoms with Crippen molar-refractivity contribution in [3.05, 3.63) is 22.8 Å². The van der Waals surface area contributed by atoms with E-state index in [1.807, 2.05) is 31.3 Å². The highest BCUT2D eigenvalue weighted by atomic mass is 35.5. The molecule has 1 N–H and O–H groups in total. The van der Waals surface area contributed by atoms with Gasteiger partial charge in [0.1, 0.15) is 5.82 Å². The number of methoxy groups -OCH3 is 1. The number of hydrogen-bond donors (Lipinski definition) is 1. The van der Waals surface area contributed by atoms with Gasteiger partial charge in [0.25, 0.3) is 0 Å². The van der Waals surface area contributed by atoms with E-state index < -0.39 is 0 Å². The highest BCUT2D eigenvalue weighted by Crippen LogP contribution is 2.24. The quantitative estimate of drug-likeness (QED) is 0.845. The van der Waals surface area contributed by atoms with Gasteiger partial charge >= 0.3 is 0 Å². The van der Waals surface area contributed by atoms with E-state index in [1.54, 1.807) is 7.11 Å². The molecule has 0 fully saturated rings. The molecule has 0 radical (unpaired) electrons. The second-order valence-electron chi connectivity index (χ2n) is 4.09. The molecule has 4 nitrogen and oxygen atoms in total. The maximum atomic E-state index is 6.23. The summed E-state index contributed by atoms with van der Waals surface area (Å²) in [7, 11) is 5.56. The largest absolute Gasteiger partial charge is 0.383 e. The minimum atomic E-state index is 0.236. The van der Waals surface area contributed by atoms with Gasteiger partial charge < -0.3 is 15.0 Å². The normalized spacial score (nSPS) is 12.5. The molecule has 1 heterocycles. The smallest absolute Gasteiger partial charge is 0.147 e. The number of halogens is 1. The molecule has 17 heavy (non-hydrogen) atoms. The van der Waals surface area contributed by atoms with Crippen LogP contribution in [0.15, 0.2) is 12.3 Å². The minimum Gasteiger partial charge on any atom is -0.383 e. The number of nitrogens with zero attached hydrogens (tertiary/aromatic N) is 2. The summed E-state index contributed by atoms with van der Waals surface area (Å²) in [5, 5.41) is 3.74. The SMILES string of the molecule is CNCc1cnc(N(C)C(C)COC)c(Cl)c1. The van der Waals surface area contributed by atoms with Crippen molar-refractivity contribution in [3.8, 4) is 0 Å². The summed E-state index contributed by atoms with van der Waals surface area (Å²) >= 11 is 6.23. The average molecular weight is 258 g/mol. The number of hydrogen-bond acceptors (Lipinski definition) is 4. The molecule has 1 atom stereocenters. The number of aromatic nitrogens is 1. The van der Waals surface area contributed by atoms with E-state index >= 15 is 0 Å². The molecule has 0 saturated heterocycles. The van der Waals surface area contributed by atoms with Gasteiger partial charge in [-0.2, -0.15) is 0 Å². The third-order valence-corrected chi connectivity index (χ3v) is 2.94. The lowest BCUT2D eigenvalue weighted by Crippen LogP contribution is -2.33. The van der Waals surface area contributed by atoms with Crippen molar-refractivity contribution in [2.45, 2.75) is 19.5 Å². The molecule has 0 aliphatic rings. The molecule has 0 spiro atoms. The van der Waals surface area contributed by atoms with E-state index in [-0.39, 0.29) is 6.04 Å². The zero-order valence-electron chi connectivity index (χ0n) is 10.8. The molecular weight excluding hydrogens is 238 g/mol. The summed E-state index contributed by atoms with van der Waals surface area (Å²) in [4.78, 5) is 6.42. The fourth-order valence-corrected chi connectivity index (χ4v) is 1.91. The van der Waals surface area contributed by atoms with E-state index in [9.17, 15) is 0 Å². The van der Waals surface area contributed by atoms with Gasteiger partial charge in [0.15, 0.2) is 0 Å². The number of ether oxygens (including phenoxy) is 1. The van der Waals surface area contributed by atoms with Crippen molar-refractivity contribution in [3.63, 3.8) is 0 Å². The lowest BCUT2D eigenvalue weighted by molar-refractivity contribution is 0.183. The molecule has 1 unspecified atom stereocenters. The van der Waals surface area contributed by atoms with Crippen molar-refractivity contribution < 1.29 is 4.74 Å². The van der Waals surface area contributed by atoms with Crippen LogP contribution in [0.25, 0.3) is 0 Å². The van der Waals surface area contributed by atoms with Crippen molar-refractivity contribution in [2.24, 2.45) is 0 Å². The van der Waals surface area contributed by atoms with E-state index in [4.69, 9.17) is 16.3 Å². The van der Waals surface area contributed by atoms with Crippen LogP contribution in [0.5, 0.6) is 0 Å². The van der Waals surface area contributed by atoms with E-state index in [0.29, 0.717) is 11.6 Å². The Morgan fingerprint density at radius 3 is 2.82 bits per heavy atom. The Morgan fingerprint density at radius 2 is 2.29 bits per heavy atom. The van der Waals surface area contributed by atoms with Crippen LogP contribution in [-0.2, 0) is 11.3 Å². The maximum Gasteiger partial charge on any atom is 0.147 e. The Labute approximate surface area is 108 Å². The van der Waals surface area contributed by atoms with Gasteiger partial charge in [-0.15, -0.1) is 0 Å². The van der Waals surface area contributed by atoms with E-state index in [1.165, 1.54) is 0 Å². The minimum absolute atomic E-state index is 0.236. The predicted octanol–water partition coefficient (Wildman–Crippen LogP) is 1.93. The Morgan fingerprint density at radius 1 is 1.59 bits per heavy atom. The number of nitrogens with one attached hydrogen (secondary N) is 1. The summed E-state index contributed by atoms with van der Waals surface area (Å²) < 4.78 is 5.13. The topological polar surface area (TPSA) is 37.4 Å². The monoisotopic (exact) mass is 257 g/mol. The van der Waals surface area contributed by atoms with Gasteiger partial charge in [0, 0.05) is 26.9 Å². The van der Waals surface area contributed by atoms with Crippen LogP contribution < -0.4 is 10.2 Å². The Kier molecular flexibility index (Phi) is 5.68. The first-order chi connectivity index (χ1) is 8.10. The second-order valence-corrected chi connectivity index (χ2v) is 4.50. The Bertz CT molecular complexity index is 360. The molecule has 96 valence electrons. The fourth-order valence-electron chi connectivity index (χ4n) is 1.59. The molecule has 0 saturated carbocycles. The van der Waals surface area contributed by atoms with Crippen LogP contribution >= 0.6 is 11.6 Å². The third-order valence-electron chi connectivity index (χ3n) is 2.66. The molecule has 0 bridgehead atoms. The molecule has 1 rings (SSSR count). The van der Waals surface area contributed by atoms with Crippen LogP contribution in [0, 0.1) is 0 Å². The van der Waals surface area contributed by atoms with Crippen molar-refractivity contribution in [2.75, 3.05) is 32.7 Å². The average Bonchev–Trinajstić information content (AvgIpc) is 2.29. The van der Waals surface area contributed by atoms with Crippen LogP contribution in [0.3, 0.4) is 0 Å². The summed E-state index contributed by atoms with van der Waals surface area (Å²) in [6.07, 6.45) is 1.84. The zero-order chi connectivity index (χ0) is 12.8. The number of anilines is 1. The van der Waals surface area contributed by atoms with Crippen molar-refractivity contribution in [1.82, 2.24) is 10.3 Å². The Balaban J connectivity index is 2.83. The van der Waals surface area contributed by atoms with Crippen LogP contribution in [0.4, 0.5) is 5.82 Å². The lowest BCUT2D eigenvalue weighted by atomic mass is 10.2. The molecule has 0 aromatic carbocycles. The number of rotatable bonds is 6. The summed E-state index contributed by atoms with van der Waals surface area (Å²) in [5.41, 5.74) is 1.08. The highest BCUT2D eigenvalue weighted by molar-refractivity contribution is 6.33. The molecule has 1 aromatic heterocycles. The van der Waals surface area contributed by atoms with Gasteiger partial charge in [-0.1, -0.05) is 11.6 Å². The van der Waals surface area contributed by atoms with Crippen LogP contribution in [0.1, 0.15) is 12.5 Å². The first kappa shape index (κ1) is 14.2. The first-order valence-electron chi connectivity index (χ1n) is 5.61. The number of likely N-dealkylation sites (N-methyl/N-ethyl adjacent to an activating group) is 1. The highest BCUT2D eigenvalue weighted by Gasteiger charge is 2.14. The van der Waals surface area contributed by atoms with Crippen molar-refractivity contribution >= 4 is 17.4 Å². The third kappa shape index (κ3) is 3.84. The summed E-state index contributed by atoms with van der Waals surface area (Å²) in [5.74, 6) is 0.788. The van der Waals surface area contributed by atoms with Gasteiger partial charge in [0.05, 0.1) is 17.7 Å². The van der Waals surface area contributed by atoms with Crippen molar-refractivity contribution in [1.29, 1.82) is 0 Å². The standard InChI is InChI=1S/C12H20ClN3O/c1-9(8-17-4)16(3)12-11(13)5-10(6-14-2)7-15-12/h5,7,9,14H,6,8H2,1-4H3. The molecule has 0 aliphatic carbocycles. The first-order valence-corrected chi connectivity index (χ1v) is 5.98. The Hall–Kier alpha value is -0.840. The van der Waals surface area contributed by atoms with Crippen LogP contribution in [0.2, 0.25) is 5.02 Å².